The summed E-state index contributed by atoms with van der Waals surface area (Å²) in [5, 5.41) is 3.33. The quantitative estimate of drug-likeness (QED) is 0.292. The first-order chi connectivity index (χ1) is 18.5. The maximum Gasteiger partial charge on any atom is 0.264 e. The molecular formula is C30H36ClN3O4S. The Morgan fingerprint density at radius 3 is 2.18 bits per heavy atom. The first-order valence-electron chi connectivity index (χ1n) is 13.0. The molecule has 7 nitrogen and oxygen atoms in total. The van der Waals surface area contributed by atoms with Crippen molar-refractivity contribution < 1.29 is 18.0 Å². The number of rotatable bonds is 12. The Bertz CT molecular complexity index is 1380. The average molecular weight is 570 g/mol. The maximum absolute atomic E-state index is 14.0. The molecule has 3 rings (SSSR count). The number of halogens is 1. The lowest BCUT2D eigenvalue weighted by Gasteiger charge is -2.32. The third-order valence-electron chi connectivity index (χ3n) is 6.40. The summed E-state index contributed by atoms with van der Waals surface area (Å²) in [7, 11) is -4.10. The van der Waals surface area contributed by atoms with Crippen molar-refractivity contribution >= 4 is 39.1 Å². The zero-order valence-corrected chi connectivity index (χ0v) is 24.4. The van der Waals surface area contributed by atoms with Gasteiger partial charge in [0.05, 0.1) is 10.6 Å². The number of anilines is 1. The van der Waals surface area contributed by atoms with Gasteiger partial charge in [0.25, 0.3) is 10.0 Å². The highest BCUT2D eigenvalue weighted by Crippen LogP contribution is 2.27. The van der Waals surface area contributed by atoms with Crippen LogP contribution in [0, 0.1) is 13.8 Å². The summed E-state index contributed by atoms with van der Waals surface area (Å²) < 4.78 is 28.8. The number of nitrogens with one attached hydrogen (secondary N) is 1. The highest BCUT2D eigenvalue weighted by atomic mass is 35.5. The number of nitrogens with zero attached hydrogens (tertiary/aromatic N) is 2. The molecule has 0 aliphatic heterocycles. The molecule has 1 N–H and O–H groups in total. The lowest BCUT2D eigenvalue weighted by Crippen LogP contribution is -2.51. The summed E-state index contributed by atoms with van der Waals surface area (Å²) in [6, 6.07) is 19.7. The molecule has 0 saturated carbocycles. The largest absolute Gasteiger partial charge is 0.354 e. The third-order valence-corrected chi connectivity index (χ3v) is 8.56. The van der Waals surface area contributed by atoms with Gasteiger partial charge in [0.15, 0.2) is 0 Å². The van der Waals surface area contributed by atoms with Crippen molar-refractivity contribution in [2.45, 2.75) is 58.0 Å². The van der Waals surface area contributed by atoms with E-state index in [1.807, 2.05) is 26.8 Å². The number of hydrogen-bond acceptors (Lipinski definition) is 4. The van der Waals surface area contributed by atoms with Crippen LogP contribution >= 0.6 is 11.6 Å². The van der Waals surface area contributed by atoms with Crippen LogP contribution in [0.4, 0.5) is 5.69 Å². The summed E-state index contributed by atoms with van der Waals surface area (Å²) in [5.74, 6) is -0.834. The van der Waals surface area contributed by atoms with E-state index in [2.05, 4.69) is 5.32 Å². The Morgan fingerprint density at radius 1 is 0.949 bits per heavy atom. The van der Waals surface area contributed by atoms with E-state index in [9.17, 15) is 18.0 Å². The molecule has 0 radical (unpaired) electrons. The van der Waals surface area contributed by atoms with Gasteiger partial charge in [-0.15, -0.1) is 0 Å². The molecule has 0 aliphatic rings. The smallest absolute Gasteiger partial charge is 0.264 e. The van der Waals surface area contributed by atoms with E-state index >= 15 is 0 Å². The minimum absolute atomic E-state index is 0.0486. The zero-order valence-electron chi connectivity index (χ0n) is 22.9. The Balaban J connectivity index is 2.03. The number of sulfonamides is 1. The predicted octanol–water partition coefficient (Wildman–Crippen LogP) is 5.49. The normalized spacial score (nSPS) is 12.0. The number of carbonyl (C=O) groups excluding carboxylic acids is 2. The highest BCUT2D eigenvalue weighted by Gasteiger charge is 2.32. The van der Waals surface area contributed by atoms with Gasteiger partial charge in [-0.25, -0.2) is 8.42 Å². The summed E-state index contributed by atoms with van der Waals surface area (Å²) in [6.07, 6.45) is 1.73. The highest BCUT2D eigenvalue weighted by molar-refractivity contribution is 7.92. The number of amides is 2. The molecule has 39 heavy (non-hydrogen) atoms. The summed E-state index contributed by atoms with van der Waals surface area (Å²) in [5.41, 5.74) is 2.76. The molecule has 0 aliphatic carbocycles. The molecule has 208 valence electrons. The molecule has 0 heterocycles. The van der Waals surface area contributed by atoms with Gasteiger partial charge in [-0.2, -0.15) is 0 Å². The molecule has 1 atom stereocenters. The van der Waals surface area contributed by atoms with Crippen LogP contribution in [0.5, 0.6) is 0 Å². The molecule has 0 spiro atoms. The number of unbranched alkanes of at least 4 members (excludes halogenated alkanes) is 1. The fourth-order valence-electron chi connectivity index (χ4n) is 4.27. The van der Waals surface area contributed by atoms with E-state index < -0.39 is 28.5 Å². The average Bonchev–Trinajstić information content (AvgIpc) is 2.90. The van der Waals surface area contributed by atoms with Crippen molar-refractivity contribution in [1.82, 2.24) is 10.2 Å². The van der Waals surface area contributed by atoms with Crippen molar-refractivity contribution in [2.24, 2.45) is 0 Å². The topological polar surface area (TPSA) is 86.8 Å². The molecule has 0 saturated heterocycles. The molecule has 0 unspecified atom stereocenters. The van der Waals surface area contributed by atoms with Crippen LogP contribution in [-0.2, 0) is 26.2 Å². The monoisotopic (exact) mass is 569 g/mol. The second kappa shape index (κ2) is 13.6. The second-order valence-electron chi connectivity index (χ2n) is 9.60. The van der Waals surface area contributed by atoms with Crippen LogP contribution in [0.15, 0.2) is 77.7 Å². The van der Waals surface area contributed by atoms with Crippen molar-refractivity contribution in [3.63, 3.8) is 0 Å². The Morgan fingerprint density at radius 2 is 1.56 bits per heavy atom. The van der Waals surface area contributed by atoms with Crippen LogP contribution in [-0.4, -0.2) is 44.3 Å². The summed E-state index contributed by atoms with van der Waals surface area (Å²) in [4.78, 5) is 28.5. The SMILES string of the molecule is CCCCNC(=O)[C@@H](C)N(Cc1ccccc1Cl)C(=O)CN(c1cc(C)cc(C)c1)S(=O)(=O)c1ccccc1. The van der Waals surface area contributed by atoms with Gasteiger partial charge in [-0.05, 0) is 74.2 Å². The first-order valence-corrected chi connectivity index (χ1v) is 14.8. The molecule has 3 aromatic carbocycles. The second-order valence-corrected chi connectivity index (χ2v) is 11.9. The molecular weight excluding hydrogens is 534 g/mol. The maximum atomic E-state index is 14.0. The fraction of sp³-hybridized carbons (Fsp3) is 0.333. The lowest BCUT2D eigenvalue weighted by atomic mass is 10.1. The molecule has 9 heteroatoms. The summed E-state index contributed by atoms with van der Waals surface area (Å²) >= 11 is 6.40. The molecule has 0 fully saturated rings. The standard InChI is InChI=1S/C30H36ClN3O4S/c1-5-6-16-32-30(36)24(4)33(20-25-12-10-11-15-28(25)31)29(35)21-34(26-18-22(2)17-23(3)19-26)39(37,38)27-13-8-7-9-14-27/h7-15,17-19,24H,5-6,16,20-21H2,1-4H3,(H,32,36)/t24-/m1/s1. The summed E-state index contributed by atoms with van der Waals surface area (Å²) in [6.45, 7) is 7.46. The Kier molecular flexibility index (Phi) is 10.5. The number of aryl methyl sites for hydroxylation is 2. The van der Waals surface area contributed by atoms with Crippen LogP contribution in [0.1, 0.15) is 43.4 Å². The van der Waals surface area contributed by atoms with Crippen molar-refractivity contribution in [3.05, 3.63) is 94.5 Å². The lowest BCUT2D eigenvalue weighted by molar-refractivity contribution is -0.139. The molecule has 0 bridgehead atoms. The zero-order chi connectivity index (χ0) is 28.6. The fourth-order valence-corrected chi connectivity index (χ4v) is 5.89. The van der Waals surface area contributed by atoms with Gasteiger partial charge < -0.3 is 10.2 Å². The van der Waals surface area contributed by atoms with Gasteiger partial charge in [0.2, 0.25) is 11.8 Å². The van der Waals surface area contributed by atoms with Gasteiger partial charge in [-0.1, -0.05) is 67.4 Å². The van der Waals surface area contributed by atoms with Crippen LogP contribution < -0.4 is 9.62 Å². The van der Waals surface area contributed by atoms with E-state index in [1.54, 1.807) is 61.5 Å². The van der Waals surface area contributed by atoms with Crippen molar-refractivity contribution in [1.29, 1.82) is 0 Å². The number of benzene rings is 3. The Hall–Kier alpha value is -3.36. The van der Waals surface area contributed by atoms with Gasteiger partial charge in [-0.3, -0.25) is 13.9 Å². The van der Waals surface area contributed by atoms with Gasteiger partial charge in [0, 0.05) is 18.1 Å². The van der Waals surface area contributed by atoms with Crippen LogP contribution in [0.3, 0.4) is 0 Å². The predicted molar refractivity (Wildman–Crippen MR) is 156 cm³/mol. The molecule has 3 aromatic rings. The van der Waals surface area contributed by atoms with E-state index in [1.165, 1.54) is 17.0 Å². The van der Waals surface area contributed by atoms with Crippen LogP contribution in [0.25, 0.3) is 0 Å². The first kappa shape index (κ1) is 30.2. The van der Waals surface area contributed by atoms with E-state index in [0.717, 1.165) is 28.3 Å². The third kappa shape index (κ3) is 7.83. The Labute approximate surface area is 236 Å². The van der Waals surface area contributed by atoms with E-state index in [0.29, 0.717) is 22.8 Å². The van der Waals surface area contributed by atoms with Gasteiger partial charge >= 0.3 is 0 Å². The van der Waals surface area contributed by atoms with E-state index in [-0.39, 0.29) is 17.3 Å². The minimum atomic E-state index is -4.10. The molecule has 0 aromatic heterocycles. The van der Waals surface area contributed by atoms with Crippen molar-refractivity contribution in [2.75, 3.05) is 17.4 Å². The minimum Gasteiger partial charge on any atom is -0.354 e. The van der Waals surface area contributed by atoms with Gasteiger partial charge in [0.1, 0.15) is 12.6 Å². The number of hydrogen-bond donors (Lipinski definition) is 1. The van der Waals surface area contributed by atoms with E-state index in [4.69, 9.17) is 11.6 Å². The van der Waals surface area contributed by atoms with Crippen LogP contribution in [0.2, 0.25) is 5.02 Å². The van der Waals surface area contributed by atoms with Crippen molar-refractivity contribution in [3.8, 4) is 0 Å². The number of carbonyl (C=O) groups is 2. The molecule has 2 amide bonds.